The van der Waals surface area contributed by atoms with Crippen LogP contribution in [0, 0.1) is 6.92 Å². The number of sulfonamides is 1. The van der Waals surface area contributed by atoms with E-state index in [1.54, 1.807) is 54.6 Å². The molecule has 35 heavy (non-hydrogen) atoms. The van der Waals surface area contributed by atoms with E-state index < -0.39 is 15.9 Å². The van der Waals surface area contributed by atoms with Gasteiger partial charge in [0.1, 0.15) is 0 Å². The van der Waals surface area contributed by atoms with Crippen LogP contribution in [0.3, 0.4) is 0 Å². The Balaban J connectivity index is 1.76. The lowest BCUT2D eigenvalue weighted by molar-refractivity contribution is 0.101. The Morgan fingerprint density at radius 1 is 0.800 bits per heavy atom. The highest BCUT2D eigenvalue weighted by atomic mass is 32.2. The van der Waals surface area contributed by atoms with Gasteiger partial charge >= 0.3 is 0 Å². The molecule has 0 fully saturated rings. The fourth-order valence-corrected chi connectivity index (χ4v) is 3.82. The first-order valence-corrected chi connectivity index (χ1v) is 12.4. The lowest BCUT2D eigenvalue weighted by Gasteiger charge is -2.13. The average molecular weight is 498 g/mol. The summed E-state index contributed by atoms with van der Waals surface area (Å²) >= 11 is 0. The number of anilines is 3. The zero-order valence-corrected chi connectivity index (χ0v) is 20.7. The minimum absolute atomic E-state index is 0.0788. The van der Waals surface area contributed by atoms with Gasteiger partial charge < -0.3 is 20.1 Å². The molecule has 0 aromatic heterocycles. The number of nitrogens with one attached hydrogen (secondary N) is 3. The molecule has 0 atom stereocenters. The molecule has 0 heterocycles. The van der Waals surface area contributed by atoms with Crippen LogP contribution in [0.1, 0.15) is 33.2 Å². The molecular formula is C25H27N3O6S. The minimum Gasteiger partial charge on any atom is -0.493 e. The second-order valence-corrected chi connectivity index (χ2v) is 9.60. The third kappa shape index (κ3) is 6.51. The normalized spacial score (nSPS) is 10.9. The van der Waals surface area contributed by atoms with Crippen LogP contribution in [-0.2, 0) is 10.0 Å². The van der Waals surface area contributed by atoms with Gasteiger partial charge in [0, 0.05) is 28.2 Å². The summed E-state index contributed by atoms with van der Waals surface area (Å²) < 4.78 is 36.5. The fraction of sp³-hybridized carbons (Fsp3) is 0.200. The summed E-state index contributed by atoms with van der Waals surface area (Å²) in [5.41, 5.74) is 2.73. The Hall–Kier alpha value is -4.05. The number of carbonyl (C=O) groups excluding carboxylic acids is 2. The Bertz CT molecular complexity index is 1360. The van der Waals surface area contributed by atoms with Crippen molar-refractivity contribution in [2.45, 2.75) is 13.8 Å². The summed E-state index contributed by atoms with van der Waals surface area (Å²) in [6, 6.07) is 16.2. The summed E-state index contributed by atoms with van der Waals surface area (Å²) in [7, 11) is -0.459. The lowest BCUT2D eigenvalue weighted by atomic mass is 10.1. The van der Waals surface area contributed by atoms with Crippen molar-refractivity contribution >= 4 is 38.9 Å². The van der Waals surface area contributed by atoms with Crippen molar-refractivity contribution in [1.82, 2.24) is 0 Å². The number of rotatable bonds is 9. The van der Waals surface area contributed by atoms with Crippen LogP contribution >= 0.6 is 0 Å². The molecule has 3 rings (SSSR count). The van der Waals surface area contributed by atoms with Gasteiger partial charge in [-0.15, -0.1) is 0 Å². The van der Waals surface area contributed by atoms with E-state index in [4.69, 9.17) is 9.47 Å². The summed E-state index contributed by atoms with van der Waals surface area (Å²) in [6.45, 7) is 3.36. The maximum Gasteiger partial charge on any atom is 0.255 e. The van der Waals surface area contributed by atoms with Crippen LogP contribution in [-0.4, -0.2) is 40.2 Å². The highest BCUT2D eigenvalue weighted by Gasteiger charge is 2.14. The van der Waals surface area contributed by atoms with E-state index in [-0.39, 0.29) is 17.2 Å². The van der Waals surface area contributed by atoms with Gasteiger partial charge in [-0.05, 0) is 67.9 Å². The van der Waals surface area contributed by atoms with Crippen molar-refractivity contribution in [3.05, 3.63) is 77.4 Å². The minimum atomic E-state index is -3.46. The Morgan fingerprint density at radius 3 is 2.17 bits per heavy atom. The SMILES string of the molecule is CCS(=O)(=O)Nc1cccc(C(=O)Nc2ccc(C)c(NC(=O)c3ccc(OC)c(OC)c3)c2)c1. The van der Waals surface area contributed by atoms with Crippen molar-refractivity contribution in [2.24, 2.45) is 0 Å². The third-order valence-corrected chi connectivity index (χ3v) is 6.47. The van der Waals surface area contributed by atoms with E-state index >= 15 is 0 Å². The first kappa shape index (κ1) is 25.6. The molecule has 2 amide bonds. The molecule has 3 N–H and O–H groups in total. The average Bonchev–Trinajstić information content (AvgIpc) is 2.85. The summed E-state index contributed by atoms with van der Waals surface area (Å²) in [6.07, 6.45) is 0. The molecule has 0 unspecified atom stereocenters. The topological polar surface area (TPSA) is 123 Å². The molecule has 0 saturated heterocycles. The Kier molecular flexibility index (Phi) is 7.98. The molecular weight excluding hydrogens is 470 g/mol. The number of methoxy groups -OCH3 is 2. The van der Waals surface area contributed by atoms with E-state index in [0.717, 1.165) is 5.56 Å². The summed E-state index contributed by atoms with van der Waals surface area (Å²) in [5, 5.41) is 5.62. The van der Waals surface area contributed by atoms with Crippen molar-refractivity contribution < 1.29 is 27.5 Å². The van der Waals surface area contributed by atoms with Crippen molar-refractivity contribution in [3.8, 4) is 11.5 Å². The maximum absolute atomic E-state index is 12.8. The van der Waals surface area contributed by atoms with E-state index in [1.165, 1.54) is 27.2 Å². The summed E-state index contributed by atoms with van der Waals surface area (Å²) in [4.78, 5) is 25.6. The molecule has 0 aliphatic heterocycles. The van der Waals surface area contributed by atoms with Crippen molar-refractivity contribution in [3.63, 3.8) is 0 Å². The molecule has 3 aromatic carbocycles. The van der Waals surface area contributed by atoms with Gasteiger partial charge in [0.05, 0.1) is 20.0 Å². The summed E-state index contributed by atoms with van der Waals surface area (Å²) in [5.74, 6) is 0.0831. The molecule has 10 heteroatoms. The van der Waals surface area contributed by atoms with Crippen LogP contribution in [0.4, 0.5) is 17.1 Å². The van der Waals surface area contributed by atoms with Crippen LogP contribution in [0.15, 0.2) is 60.7 Å². The smallest absolute Gasteiger partial charge is 0.255 e. The van der Waals surface area contributed by atoms with E-state index in [9.17, 15) is 18.0 Å². The van der Waals surface area contributed by atoms with Gasteiger partial charge in [-0.2, -0.15) is 0 Å². The van der Waals surface area contributed by atoms with Crippen molar-refractivity contribution in [2.75, 3.05) is 35.3 Å². The number of benzene rings is 3. The monoisotopic (exact) mass is 497 g/mol. The highest BCUT2D eigenvalue weighted by molar-refractivity contribution is 7.92. The predicted octanol–water partition coefficient (Wildman–Crippen LogP) is 4.28. The maximum atomic E-state index is 12.8. The van der Waals surface area contributed by atoms with Crippen LogP contribution in [0.2, 0.25) is 0 Å². The number of hydrogen-bond acceptors (Lipinski definition) is 6. The fourth-order valence-electron chi connectivity index (χ4n) is 3.19. The number of carbonyl (C=O) groups is 2. The molecule has 0 aliphatic carbocycles. The first-order chi connectivity index (χ1) is 16.7. The number of aryl methyl sites for hydroxylation is 1. The van der Waals surface area contributed by atoms with E-state index in [1.807, 2.05) is 6.92 Å². The molecule has 0 spiro atoms. The third-order valence-electron chi connectivity index (χ3n) is 5.17. The van der Waals surface area contributed by atoms with E-state index in [2.05, 4.69) is 15.4 Å². The molecule has 0 bridgehead atoms. The Morgan fingerprint density at radius 2 is 1.49 bits per heavy atom. The van der Waals surface area contributed by atoms with Crippen LogP contribution < -0.4 is 24.8 Å². The zero-order chi connectivity index (χ0) is 25.6. The molecule has 0 radical (unpaired) electrons. The van der Waals surface area contributed by atoms with Crippen molar-refractivity contribution in [1.29, 1.82) is 0 Å². The van der Waals surface area contributed by atoms with Gasteiger partial charge in [0.2, 0.25) is 10.0 Å². The van der Waals surface area contributed by atoms with Gasteiger partial charge in [-0.1, -0.05) is 12.1 Å². The highest BCUT2D eigenvalue weighted by Crippen LogP contribution is 2.28. The van der Waals surface area contributed by atoms with E-state index in [0.29, 0.717) is 34.1 Å². The van der Waals surface area contributed by atoms with Gasteiger partial charge in [0.25, 0.3) is 11.8 Å². The molecule has 0 aliphatic rings. The van der Waals surface area contributed by atoms with Gasteiger partial charge in [-0.25, -0.2) is 8.42 Å². The molecule has 184 valence electrons. The molecule has 3 aromatic rings. The van der Waals surface area contributed by atoms with Crippen LogP contribution in [0.25, 0.3) is 0 Å². The van der Waals surface area contributed by atoms with Gasteiger partial charge in [0.15, 0.2) is 11.5 Å². The van der Waals surface area contributed by atoms with Crippen LogP contribution in [0.5, 0.6) is 11.5 Å². The first-order valence-electron chi connectivity index (χ1n) is 10.7. The Labute approximate surface area is 204 Å². The number of ether oxygens (including phenoxy) is 2. The quantitative estimate of drug-likeness (QED) is 0.406. The van der Waals surface area contributed by atoms with Gasteiger partial charge in [-0.3, -0.25) is 14.3 Å². The second kappa shape index (κ2) is 10.9. The standard InChI is InChI=1S/C25H27N3O6S/c1-5-35(31,32)28-20-8-6-7-17(13-20)24(29)26-19-11-9-16(2)21(15-19)27-25(30)18-10-12-22(33-3)23(14-18)34-4/h6-15,28H,5H2,1-4H3,(H,26,29)(H,27,30). The lowest BCUT2D eigenvalue weighted by Crippen LogP contribution is -2.16. The largest absolute Gasteiger partial charge is 0.493 e. The number of hydrogen-bond donors (Lipinski definition) is 3. The number of amides is 2. The molecule has 9 nitrogen and oxygen atoms in total. The predicted molar refractivity (Wildman–Crippen MR) is 136 cm³/mol. The zero-order valence-electron chi connectivity index (χ0n) is 19.8. The second-order valence-electron chi connectivity index (χ2n) is 7.59. The molecule has 0 saturated carbocycles.